The Morgan fingerprint density at radius 2 is 2.44 bits per heavy atom. The van der Waals surface area contributed by atoms with E-state index in [9.17, 15) is 4.79 Å². The summed E-state index contributed by atoms with van der Waals surface area (Å²) in [5, 5.41) is 0.928. The average molecular weight is 398 g/mol. The largest absolute Gasteiger partial charge is 0.352 e. The Labute approximate surface area is 116 Å². The first kappa shape index (κ1) is 12.3. The number of H-pyrrole nitrogens is 1. The lowest BCUT2D eigenvalue weighted by molar-refractivity contribution is 0.486. The number of nitrogens with zero attached hydrogens (tertiary/aromatic N) is 2. The van der Waals surface area contributed by atoms with Crippen LogP contribution < -0.4 is 10.5 Å². The van der Waals surface area contributed by atoms with Crippen LogP contribution in [0.15, 0.2) is 11.1 Å². The van der Waals surface area contributed by atoms with Crippen molar-refractivity contribution in [3.63, 3.8) is 0 Å². The van der Waals surface area contributed by atoms with Gasteiger partial charge in [0, 0.05) is 17.9 Å². The van der Waals surface area contributed by atoms with E-state index in [1.165, 1.54) is 19.2 Å². The van der Waals surface area contributed by atoms with E-state index in [0.717, 1.165) is 24.1 Å². The number of piperidine rings is 1. The Morgan fingerprint density at radius 1 is 1.62 bits per heavy atom. The number of anilines is 1. The van der Waals surface area contributed by atoms with E-state index in [2.05, 4.69) is 53.4 Å². The third-order valence-electron chi connectivity index (χ3n) is 2.86. The summed E-state index contributed by atoms with van der Waals surface area (Å²) in [6, 6.07) is 0.455. The molecule has 1 saturated heterocycles. The summed E-state index contributed by atoms with van der Waals surface area (Å²) in [5.74, 6) is 0.827. The van der Waals surface area contributed by atoms with Gasteiger partial charge in [-0.3, -0.25) is 4.79 Å². The molecule has 2 rings (SSSR count). The number of rotatable bonds is 2. The van der Waals surface area contributed by atoms with Crippen LogP contribution in [0.1, 0.15) is 19.3 Å². The Balaban J connectivity index is 2.34. The molecule has 2 heterocycles. The number of nitrogens with one attached hydrogen (secondary N) is 1. The van der Waals surface area contributed by atoms with Crippen molar-refractivity contribution in [2.24, 2.45) is 0 Å². The van der Waals surface area contributed by atoms with Gasteiger partial charge in [0.15, 0.2) is 0 Å². The van der Waals surface area contributed by atoms with E-state index >= 15 is 0 Å². The topological polar surface area (TPSA) is 49.0 Å². The first-order valence-corrected chi connectivity index (χ1v) is 7.50. The van der Waals surface area contributed by atoms with Crippen LogP contribution in [0, 0.1) is 3.57 Å². The molecule has 0 bridgehead atoms. The molecule has 0 aliphatic carbocycles. The van der Waals surface area contributed by atoms with Crippen molar-refractivity contribution >= 4 is 44.3 Å². The minimum Gasteiger partial charge on any atom is -0.352 e. The number of hydrogen-bond acceptors (Lipinski definition) is 3. The van der Waals surface area contributed by atoms with Crippen molar-refractivity contribution < 1.29 is 0 Å². The molecule has 0 saturated carbocycles. The molecule has 16 heavy (non-hydrogen) atoms. The molecule has 0 radical (unpaired) electrons. The number of aromatic nitrogens is 2. The zero-order valence-corrected chi connectivity index (χ0v) is 12.5. The van der Waals surface area contributed by atoms with E-state index < -0.39 is 0 Å². The minimum atomic E-state index is -0.0514. The van der Waals surface area contributed by atoms with Gasteiger partial charge in [-0.15, -0.1) is 0 Å². The number of hydrogen-bond donors (Lipinski definition) is 1. The van der Waals surface area contributed by atoms with E-state index in [1.54, 1.807) is 0 Å². The monoisotopic (exact) mass is 397 g/mol. The van der Waals surface area contributed by atoms with Gasteiger partial charge >= 0.3 is 0 Å². The molecule has 88 valence electrons. The van der Waals surface area contributed by atoms with Crippen LogP contribution in [0.4, 0.5) is 5.82 Å². The lowest BCUT2D eigenvalue weighted by Crippen LogP contribution is -2.42. The molecule has 0 amide bonds. The summed E-state index contributed by atoms with van der Waals surface area (Å²) in [7, 11) is 0. The van der Waals surface area contributed by atoms with Gasteiger partial charge in [0.2, 0.25) is 0 Å². The molecule has 1 N–H and O–H groups in total. The molecule has 1 aliphatic rings. The van der Waals surface area contributed by atoms with Crippen LogP contribution >= 0.6 is 38.5 Å². The fourth-order valence-electron chi connectivity index (χ4n) is 2.01. The van der Waals surface area contributed by atoms with Gasteiger partial charge in [-0.25, -0.2) is 4.98 Å². The second kappa shape index (κ2) is 5.48. The van der Waals surface area contributed by atoms with Crippen molar-refractivity contribution in [2.45, 2.75) is 25.3 Å². The first-order chi connectivity index (χ1) is 7.74. The highest BCUT2D eigenvalue weighted by molar-refractivity contribution is 14.1. The molecule has 0 aromatic carbocycles. The smallest absolute Gasteiger partial charge is 0.266 e. The highest BCUT2D eigenvalue weighted by atomic mass is 127. The number of alkyl halides is 1. The standard InChI is InChI=1S/C10H13BrIN3O/c11-5-7-3-1-2-4-15(7)9-8(12)10(16)14-6-13-9/h6-7H,1-5H2,(H,13,14,16). The predicted molar refractivity (Wildman–Crippen MR) is 76.4 cm³/mol. The van der Waals surface area contributed by atoms with Crippen molar-refractivity contribution in [1.29, 1.82) is 0 Å². The maximum Gasteiger partial charge on any atom is 0.266 e. The zero-order chi connectivity index (χ0) is 11.5. The zero-order valence-electron chi connectivity index (χ0n) is 8.75. The lowest BCUT2D eigenvalue weighted by Gasteiger charge is -2.35. The third kappa shape index (κ3) is 2.42. The van der Waals surface area contributed by atoms with E-state index in [1.807, 2.05) is 0 Å². The minimum absolute atomic E-state index is 0.0514. The maximum atomic E-state index is 11.5. The van der Waals surface area contributed by atoms with Gasteiger partial charge in [0.05, 0.1) is 6.33 Å². The summed E-state index contributed by atoms with van der Waals surface area (Å²) in [4.78, 5) is 20.7. The van der Waals surface area contributed by atoms with E-state index in [0.29, 0.717) is 9.61 Å². The molecule has 1 aromatic rings. The predicted octanol–water partition coefficient (Wildman–Crippen LogP) is 2.13. The number of halogens is 2. The van der Waals surface area contributed by atoms with Gasteiger partial charge < -0.3 is 9.88 Å². The second-order valence-electron chi connectivity index (χ2n) is 3.87. The molecule has 1 atom stereocenters. The molecule has 1 aromatic heterocycles. The van der Waals surface area contributed by atoms with Crippen molar-refractivity contribution in [3.05, 3.63) is 20.3 Å². The van der Waals surface area contributed by atoms with Gasteiger partial charge in [-0.2, -0.15) is 0 Å². The fourth-order valence-corrected chi connectivity index (χ4v) is 3.29. The summed E-state index contributed by atoms with van der Waals surface area (Å²) in [5.41, 5.74) is -0.0514. The molecular weight excluding hydrogens is 385 g/mol. The molecule has 1 fully saturated rings. The average Bonchev–Trinajstić information content (AvgIpc) is 2.33. The van der Waals surface area contributed by atoms with E-state index in [4.69, 9.17) is 0 Å². The summed E-state index contributed by atoms with van der Waals surface area (Å²) < 4.78 is 0.688. The SMILES string of the molecule is O=c1[nH]cnc(N2CCCCC2CBr)c1I. The van der Waals surface area contributed by atoms with E-state index in [-0.39, 0.29) is 5.56 Å². The van der Waals surface area contributed by atoms with Crippen molar-refractivity contribution in [2.75, 3.05) is 16.8 Å². The molecule has 4 nitrogen and oxygen atoms in total. The summed E-state index contributed by atoms with van der Waals surface area (Å²) >= 11 is 5.60. The Kier molecular flexibility index (Phi) is 4.23. The Morgan fingerprint density at radius 3 is 3.19 bits per heavy atom. The lowest BCUT2D eigenvalue weighted by atomic mass is 10.0. The van der Waals surface area contributed by atoms with Crippen LogP contribution in [0.5, 0.6) is 0 Å². The Hall–Kier alpha value is -0.110. The summed E-state index contributed by atoms with van der Waals surface area (Å²) in [6.45, 7) is 0.989. The van der Waals surface area contributed by atoms with Crippen LogP contribution in [0.3, 0.4) is 0 Å². The quantitative estimate of drug-likeness (QED) is 0.614. The van der Waals surface area contributed by atoms with Crippen molar-refractivity contribution in [3.8, 4) is 0 Å². The number of aromatic amines is 1. The van der Waals surface area contributed by atoms with Gasteiger partial charge in [-0.1, -0.05) is 15.9 Å². The highest BCUT2D eigenvalue weighted by Crippen LogP contribution is 2.25. The normalized spacial score (nSPS) is 21.1. The highest BCUT2D eigenvalue weighted by Gasteiger charge is 2.24. The maximum absolute atomic E-state index is 11.5. The second-order valence-corrected chi connectivity index (χ2v) is 5.59. The van der Waals surface area contributed by atoms with Crippen molar-refractivity contribution in [1.82, 2.24) is 9.97 Å². The first-order valence-electron chi connectivity index (χ1n) is 5.30. The molecule has 1 unspecified atom stereocenters. The van der Waals surface area contributed by atoms with Crippen LogP contribution in [-0.4, -0.2) is 27.9 Å². The van der Waals surface area contributed by atoms with Crippen LogP contribution in [0.2, 0.25) is 0 Å². The molecule has 6 heteroatoms. The third-order valence-corrected chi connectivity index (χ3v) is 4.58. The fraction of sp³-hybridized carbons (Fsp3) is 0.600. The van der Waals surface area contributed by atoms with Crippen LogP contribution in [0.25, 0.3) is 0 Å². The molecule has 0 spiro atoms. The summed E-state index contributed by atoms with van der Waals surface area (Å²) in [6.07, 6.45) is 5.08. The molecule has 1 aliphatic heterocycles. The Bertz CT molecular complexity index is 423. The molecular formula is C10H13BrIN3O. The van der Waals surface area contributed by atoms with Gasteiger partial charge in [-0.05, 0) is 41.9 Å². The van der Waals surface area contributed by atoms with Crippen LogP contribution in [-0.2, 0) is 0 Å². The van der Waals surface area contributed by atoms with Gasteiger partial charge in [0.25, 0.3) is 5.56 Å². The van der Waals surface area contributed by atoms with Gasteiger partial charge in [0.1, 0.15) is 9.39 Å².